The fourth-order valence-electron chi connectivity index (χ4n) is 4.59. The maximum atomic E-state index is 12.7. The second kappa shape index (κ2) is 12.9. The highest BCUT2D eigenvalue weighted by Gasteiger charge is 2.28. The third-order valence-electron chi connectivity index (χ3n) is 6.97. The zero-order chi connectivity index (χ0) is 26.0. The average molecular weight is 503 g/mol. The Balaban J connectivity index is 1.36. The van der Waals surface area contributed by atoms with Gasteiger partial charge in [0, 0.05) is 55.6 Å². The van der Waals surface area contributed by atoms with E-state index in [4.69, 9.17) is 10.5 Å². The van der Waals surface area contributed by atoms with Crippen LogP contribution in [0.3, 0.4) is 0 Å². The van der Waals surface area contributed by atoms with Crippen molar-refractivity contribution in [1.29, 1.82) is 0 Å². The van der Waals surface area contributed by atoms with Gasteiger partial charge in [0.1, 0.15) is 12.4 Å². The van der Waals surface area contributed by atoms with Gasteiger partial charge in [-0.25, -0.2) is 4.98 Å². The van der Waals surface area contributed by atoms with E-state index in [1.54, 1.807) is 18.9 Å². The summed E-state index contributed by atoms with van der Waals surface area (Å²) in [6, 6.07) is 18.5. The molecule has 1 fully saturated rings. The molecule has 1 unspecified atom stereocenters. The molecule has 8 nitrogen and oxygen atoms in total. The Hall–Kier alpha value is -3.81. The molecule has 0 spiro atoms. The number of H-pyrrole nitrogens is 1. The van der Waals surface area contributed by atoms with Gasteiger partial charge in [-0.2, -0.15) is 0 Å². The van der Waals surface area contributed by atoms with Crippen molar-refractivity contribution in [3.05, 3.63) is 84.8 Å². The quantitative estimate of drug-likeness (QED) is 0.393. The largest absolute Gasteiger partial charge is 0.489 e. The fourth-order valence-corrected chi connectivity index (χ4v) is 4.59. The molecule has 8 heteroatoms. The number of likely N-dealkylation sites (tertiary alicyclic amines) is 1. The van der Waals surface area contributed by atoms with Crippen molar-refractivity contribution in [1.82, 2.24) is 14.9 Å². The van der Waals surface area contributed by atoms with E-state index < -0.39 is 0 Å². The third-order valence-corrected chi connectivity index (χ3v) is 6.97. The highest BCUT2D eigenvalue weighted by Crippen LogP contribution is 2.27. The zero-order valence-corrected chi connectivity index (χ0v) is 21.4. The van der Waals surface area contributed by atoms with E-state index in [0.717, 1.165) is 42.1 Å². The molecule has 3 N–H and O–H groups in total. The minimum Gasteiger partial charge on any atom is -0.489 e. The molecule has 1 aliphatic rings. The summed E-state index contributed by atoms with van der Waals surface area (Å²) in [5.41, 5.74) is 8.66. The van der Waals surface area contributed by atoms with Crippen LogP contribution in [0.4, 0.5) is 5.69 Å². The van der Waals surface area contributed by atoms with Gasteiger partial charge in [-0.05, 0) is 49.1 Å². The molecule has 2 aromatic carbocycles. The predicted molar refractivity (Wildman–Crippen MR) is 144 cm³/mol. The van der Waals surface area contributed by atoms with Crippen LogP contribution in [0, 0.1) is 12.3 Å². The molecule has 1 aromatic heterocycles. The number of rotatable bonds is 12. The lowest BCUT2D eigenvalue weighted by Gasteiger charge is -2.40. The van der Waals surface area contributed by atoms with Crippen LogP contribution >= 0.6 is 0 Å². The number of nitrogens with one attached hydrogen (secondary N) is 1. The summed E-state index contributed by atoms with van der Waals surface area (Å²) in [5.74, 6) is 0.390. The lowest BCUT2D eigenvalue weighted by molar-refractivity contribution is -0.128. The van der Waals surface area contributed by atoms with Gasteiger partial charge < -0.3 is 25.3 Å². The van der Waals surface area contributed by atoms with E-state index in [2.05, 4.69) is 27.0 Å². The number of carbonyl (C=O) groups excluding carboxylic acids is 2. The summed E-state index contributed by atoms with van der Waals surface area (Å²) in [6.07, 6.45) is 8.02. The van der Waals surface area contributed by atoms with Gasteiger partial charge in [0.15, 0.2) is 0 Å². The first-order chi connectivity index (χ1) is 18.0. The number of primary amides is 1. The Morgan fingerprint density at radius 1 is 1.16 bits per heavy atom. The lowest BCUT2D eigenvalue weighted by Crippen LogP contribution is -2.47. The van der Waals surface area contributed by atoms with Crippen molar-refractivity contribution in [3.63, 3.8) is 0 Å². The molecule has 3 aromatic rings. The number of piperidine rings is 1. The monoisotopic (exact) mass is 502 g/mol. The molecule has 37 heavy (non-hydrogen) atoms. The summed E-state index contributed by atoms with van der Waals surface area (Å²) >= 11 is 0. The summed E-state index contributed by atoms with van der Waals surface area (Å²) in [5, 5.41) is 0. The van der Waals surface area contributed by atoms with E-state index in [0.29, 0.717) is 32.5 Å². The Bertz CT molecular complexity index is 1110. The number of hydrogen-bond donors (Lipinski definition) is 2. The molecule has 2 amide bonds. The Morgan fingerprint density at radius 3 is 2.54 bits per heavy atom. The number of hydrogen-bond acceptors (Lipinski definition) is 5. The first-order valence-electron chi connectivity index (χ1n) is 12.9. The molecular formula is C29H36N5O3. The zero-order valence-electron chi connectivity index (χ0n) is 21.4. The van der Waals surface area contributed by atoms with Crippen LogP contribution in [0.5, 0.6) is 5.75 Å². The SMILES string of the molecule is CC(CCN(c1ccc(OCc2ccccc2)cc1)C1CCN(C(=O)[CH]Cc2cnc[nH]2)CC1)C(N)=O. The number of imidazole rings is 1. The van der Waals surface area contributed by atoms with E-state index in [-0.39, 0.29) is 23.8 Å². The van der Waals surface area contributed by atoms with Crippen molar-refractivity contribution in [2.45, 2.75) is 45.3 Å². The molecule has 0 saturated carbocycles. The molecule has 1 atom stereocenters. The van der Waals surface area contributed by atoms with Crippen LogP contribution in [-0.4, -0.2) is 52.4 Å². The summed E-state index contributed by atoms with van der Waals surface area (Å²) in [6.45, 7) is 4.51. The van der Waals surface area contributed by atoms with Gasteiger partial charge in [-0.3, -0.25) is 9.59 Å². The molecule has 4 rings (SSSR count). The number of nitrogens with two attached hydrogens (primary N) is 1. The smallest absolute Gasteiger partial charge is 0.226 e. The molecule has 0 bridgehead atoms. The third kappa shape index (κ3) is 7.59. The van der Waals surface area contributed by atoms with E-state index in [9.17, 15) is 9.59 Å². The minimum absolute atomic E-state index is 0.0573. The average Bonchev–Trinajstić information content (AvgIpc) is 3.46. The van der Waals surface area contributed by atoms with Gasteiger partial charge in [-0.15, -0.1) is 0 Å². The van der Waals surface area contributed by atoms with E-state index in [1.807, 2.05) is 54.3 Å². The van der Waals surface area contributed by atoms with Gasteiger partial charge in [0.05, 0.1) is 12.7 Å². The molecular weight excluding hydrogens is 466 g/mol. The maximum Gasteiger partial charge on any atom is 0.226 e. The summed E-state index contributed by atoms with van der Waals surface area (Å²) in [4.78, 5) is 35.6. The normalized spacial score (nSPS) is 14.8. The Labute approximate surface area is 218 Å². The van der Waals surface area contributed by atoms with Crippen LogP contribution < -0.4 is 15.4 Å². The number of nitrogens with zero attached hydrogens (tertiary/aromatic N) is 3. The number of amides is 2. The summed E-state index contributed by atoms with van der Waals surface area (Å²) in [7, 11) is 0. The first kappa shape index (κ1) is 26.3. The van der Waals surface area contributed by atoms with Crippen molar-refractivity contribution in [3.8, 4) is 5.75 Å². The minimum atomic E-state index is -0.280. The molecule has 1 aliphatic heterocycles. The molecule has 1 saturated heterocycles. The summed E-state index contributed by atoms with van der Waals surface area (Å²) < 4.78 is 5.96. The van der Waals surface area contributed by atoms with E-state index >= 15 is 0 Å². The topological polar surface area (TPSA) is 105 Å². The van der Waals surface area contributed by atoms with Crippen molar-refractivity contribution in [2.75, 3.05) is 24.5 Å². The Morgan fingerprint density at radius 2 is 1.89 bits per heavy atom. The highest BCUT2D eigenvalue weighted by molar-refractivity contribution is 5.85. The number of benzene rings is 2. The van der Waals surface area contributed by atoms with E-state index in [1.165, 1.54) is 0 Å². The molecule has 0 aliphatic carbocycles. The second-order valence-electron chi connectivity index (χ2n) is 9.60. The molecule has 1 radical (unpaired) electrons. The number of aromatic nitrogens is 2. The maximum absolute atomic E-state index is 12.7. The lowest BCUT2D eigenvalue weighted by atomic mass is 9.99. The van der Waals surface area contributed by atoms with Crippen molar-refractivity contribution in [2.24, 2.45) is 11.7 Å². The van der Waals surface area contributed by atoms with Crippen molar-refractivity contribution < 1.29 is 14.3 Å². The first-order valence-corrected chi connectivity index (χ1v) is 12.9. The number of aromatic amines is 1. The van der Waals surface area contributed by atoms with Crippen LogP contribution in [0.15, 0.2) is 67.1 Å². The Kier molecular flexibility index (Phi) is 9.18. The van der Waals surface area contributed by atoms with Gasteiger partial charge >= 0.3 is 0 Å². The second-order valence-corrected chi connectivity index (χ2v) is 9.60. The van der Waals surface area contributed by atoms with Gasteiger partial charge in [-0.1, -0.05) is 37.3 Å². The number of anilines is 1. The predicted octanol–water partition coefficient (Wildman–Crippen LogP) is 3.74. The molecule has 2 heterocycles. The van der Waals surface area contributed by atoms with Crippen LogP contribution in [0.1, 0.15) is 37.4 Å². The van der Waals surface area contributed by atoms with Gasteiger partial charge in [0.25, 0.3) is 0 Å². The van der Waals surface area contributed by atoms with Gasteiger partial charge in [0.2, 0.25) is 11.8 Å². The van der Waals surface area contributed by atoms with Crippen LogP contribution in [0.2, 0.25) is 0 Å². The van der Waals surface area contributed by atoms with Crippen LogP contribution in [-0.2, 0) is 22.6 Å². The van der Waals surface area contributed by atoms with Crippen LogP contribution in [0.25, 0.3) is 0 Å². The number of carbonyl (C=O) groups is 2. The fraction of sp³-hybridized carbons (Fsp3) is 0.379. The highest BCUT2D eigenvalue weighted by atomic mass is 16.5. The molecule has 195 valence electrons. The standard InChI is InChI=1S/C29H36N5O3/c1-22(29(30)36)13-18-34(25-8-10-27(11-9-25)37-20-23-5-3-2-4-6-23)26-14-16-33(17-15-26)28(35)12-7-24-19-31-21-32-24/h2-6,8-12,19,21-22,26H,7,13-18,20H2,1H3,(H2,30,36)(H,31,32). The number of ether oxygens (including phenoxy) is 1. The van der Waals surface area contributed by atoms with Crippen molar-refractivity contribution >= 4 is 17.5 Å².